The van der Waals surface area contributed by atoms with Gasteiger partial charge in [-0.15, -0.1) is 0 Å². The van der Waals surface area contributed by atoms with Gasteiger partial charge < -0.3 is 24.5 Å². The summed E-state index contributed by atoms with van der Waals surface area (Å²) >= 11 is 0. The van der Waals surface area contributed by atoms with E-state index in [0.29, 0.717) is 0 Å². The number of rotatable bonds is 6. The first-order chi connectivity index (χ1) is 19.0. The molecule has 0 saturated carbocycles. The van der Waals surface area contributed by atoms with Crippen LogP contribution < -0.4 is 4.90 Å². The van der Waals surface area contributed by atoms with Crippen molar-refractivity contribution >= 4 is 17.1 Å². The van der Waals surface area contributed by atoms with Gasteiger partial charge in [-0.25, -0.2) is 0 Å². The number of nitrogens with zero attached hydrogens (tertiary/aromatic N) is 5. The maximum atomic E-state index is 2.34. The molecule has 2 aliphatic rings. The van der Waals surface area contributed by atoms with Crippen molar-refractivity contribution in [2.45, 2.75) is 12.3 Å². The van der Waals surface area contributed by atoms with Crippen LogP contribution in [-0.4, -0.2) is 47.8 Å². The Balaban J connectivity index is 1.35. The van der Waals surface area contributed by atoms with Gasteiger partial charge in [0.2, 0.25) is 0 Å². The fourth-order valence-corrected chi connectivity index (χ4v) is 5.73. The molecule has 5 nitrogen and oxygen atoms in total. The molecular weight excluding hydrogens is 478 g/mol. The van der Waals surface area contributed by atoms with E-state index in [9.17, 15) is 0 Å². The molecule has 5 heteroatoms. The quantitative estimate of drug-likeness (QED) is 0.264. The van der Waals surface area contributed by atoms with Gasteiger partial charge in [-0.1, -0.05) is 66.7 Å². The predicted molar refractivity (Wildman–Crippen MR) is 161 cm³/mol. The molecular formula is C34H35N5. The number of benzene rings is 4. The van der Waals surface area contributed by atoms with Crippen LogP contribution in [0.5, 0.6) is 0 Å². The van der Waals surface area contributed by atoms with Crippen LogP contribution in [0, 0.1) is 0 Å². The van der Waals surface area contributed by atoms with Gasteiger partial charge in [-0.3, -0.25) is 0 Å². The van der Waals surface area contributed by atoms with E-state index in [-0.39, 0.29) is 12.3 Å². The zero-order valence-electron chi connectivity index (χ0n) is 23.0. The van der Waals surface area contributed by atoms with Crippen LogP contribution >= 0.6 is 0 Å². The highest BCUT2D eigenvalue weighted by Gasteiger charge is 2.24. The van der Waals surface area contributed by atoms with Crippen molar-refractivity contribution in [3.63, 3.8) is 0 Å². The van der Waals surface area contributed by atoms with Gasteiger partial charge in [0.1, 0.15) is 12.3 Å². The van der Waals surface area contributed by atoms with E-state index >= 15 is 0 Å². The van der Waals surface area contributed by atoms with Crippen LogP contribution in [0.25, 0.3) is 11.1 Å². The summed E-state index contributed by atoms with van der Waals surface area (Å²) in [6.07, 6.45) is 8.91. The normalized spacial score (nSPS) is 15.6. The lowest BCUT2D eigenvalue weighted by Crippen LogP contribution is -2.25. The summed E-state index contributed by atoms with van der Waals surface area (Å²) in [7, 11) is 8.48. The summed E-state index contributed by atoms with van der Waals surface area (Å²) in [5, 5.41) is 0. The van der Waals surface area contributed by atoms with Crippen molar-refractivity contribution in [1.82, 2.24) is 19.6 Å². The SMILES string of the molecule is CN1C=CN(C)C1c1ccc(N(c2ccc(-c3ccccc3)cc2)c2ccc(C3N(C)C=CN3C)cc2)cc1. The highest BCUT2D eigenvalue weighted by atomic mass is 15.4. The molecule has 0 unspecified atom stereocenters. The second-order valence-corrected chi connectivity index (χ2v) is 10.4. The minimum absolute atomic E-state index is 0.214. The Kier molecular flexibility index (Phi) is 6.49. The molecule has 0 atom stereocenters. The van der Waals surface area contributed by atoms with Gasteiger partial charge in [0.15, 0.2) is 0 Å². The molecule has 2 heterocycles. The van der Waals surface area contributed by atoms with Crippen molar-refractivity contribution in [2.24, 2.45) is 0 Å². The van der Waals surface area contributed by atoms with Gasteiger partial charge >= 0.3 is 0 Å². The fourth-order valence-electron chi connectivity index (χ4n) is 5.73. The lowest BCUT2D eigenvalue weighted by Gasteiger charge is -2.30. The molecule has 0 saturated heterocycles. The highest BCUT2D eigenvalue weighted by molar-refractivity contribution is 5.78. The molecule has 0 aliphatic carbocycles. The van der Waals surface area contributed by atoms with Crippen LogP contribution in [0.3, 0.4) is 0 Å². The molecule has 0 radical (unpaired) electrons. The molecule has 0 fully saturated rings. The van der Waals surface area contributed by atoms with E-state index in [1.54, 1.807) is 0 Å². The van der Waals surface area contributed by atoms with Gasteiger partial charge in [0.05, 0.1) is 0 Å². The van der Waals surface area contributed by atoms with Crippen molar-refractivity contribution in [3.05, 3.63) is 139 Å². The van der Waals surface area contributed by atoms with Crippen LogP contribution in [0.4, 0.5) is 17.1 Å². The van der Waals surface area contributed by atoms with E-state index in [2.05, 4.69) is 181 Å². The van der Waals surface area contributed by atoms with Crippen LogP contribution in [0.2, 0.25) is 0 Å². The predicted octanol–water partition coefficient (Wildman–Crippen LogP) is 7.52. The number of anilines is 3. The van der Waals surface area contributed by atoms with E-state index in [4.69, 9.17) is 0 Å². The van der Waals surface area contributed by atoms with E-state index in [0.717, 1.165) is 17.1 Å². The average Bonchev–Trinajstić information content (AvgIpc) is 3.49. The zero-order chi connectivity index (χ0) is 26.9. The first-order valence-corrected chi connectivity index (χ1v) is 13.4. The molecule has 196 valence electrons. The maximum absolute atomic E-state index is 2.34. The Labute approximate surface area is 232 Å². The van der Waals surface area contributed by atoms with Crippen molar-refractivity contribution in [1.29, 1.82) is 0 Å². The smallest absolute Gasteiger partial charge is 0.127 e. The lowest BCUT2D eigenvalue weighted by molar-refractivity contribution is 0.209. The lowest BCUT2D eigenvalue weighted by atomic mass is 10.0. The van der Waals surface area contributed by atoms with Gasteiger partial charge in [0.25, 0.3) is 0 Å². The monoisotopic (exact) mass is 513 g/mol. The first-order valence-electron chi connectivity index (χ1n) is 13.4. The standard InChI is InChI=1S/C34H35N5/c1-35-22-23-36(2)33(35)28-12-18-31(19-13-28)39(30-16-10-27(11-17-30)26-8-6-5-7-9-26)32-20-14-29(15-21-32)34-37(3)24-25-38(34)4/h5-25,33-34H,1-4H3. The first kappa shape index (κ1) is 24.7. The molecule has 6 rings (SSSR count). The Morgan fingerprint density at radius 3 is 1.13 bits per heavy atom. The summed E-state index contributed by atoms with van der Waals surface area (Å²) in [6.45, 7) is 0. The minimum atomic E-state index is 0.214. The number of hydrogen-bond acceptors (Lipinski definition) is 5. The van der Waals surface area contributed by atoms with Crippen LogP contribution in [0.15, 0.2) is 128 Å². The molecule has 2 aliphatic heterocycles. The maximum Gasteiger partial charge on any atom is 0.127 e. The van der Waals surface area contributed by atoms with E-state index < -0.39 is 0 Å². The summed E-state index contributed by atoms with van der Waals surface area (Å²) in [5.74, 6) is 0. The summed E-state index contributed by atoms with van der Waals surface area (Å²) in [4.78, 5) is 11.3. The third-order valence-electron chi connectivity index (χ3n) is 7.75. The fraction of sp³-hybridized carbons (Fsp3) is 0.176. The topological polar surface area (TPSA) is 16.2 Å². The third-order valence-corrected chi connectivity index (χ3v) is 7.75. The van der Waals surface area contributed by atoms with E-state index in [1.165, 1.54) is 22.3 Å². The summed E-state index contributed by atoms with van der Waals surface area (Å²) < 4.78 is 0. The van der Waals surface area contributed by atoms with Crippen LogP contribution in [-0.2, 0) is 0 Å². The number of hydrogen-bond donors (Lipinski definition) is 0. The molecule has 0 aromatic heterocycles. The van der Waals surface area contributed by atoms with Gasteiger partial charge in [0, 0.05) is 70.1 Å². The van der Waals surface area contributed by atoms with Gasteiger partial charge in [-0.2, -0.15) is 0 Å². The Morgan fingerprint density at radius 1 is 0.410 bits per heavy atom. The molecule has 0 bridgehead atoms. The summed E-state index contributed by atoms with van der Waals surface area (Å²) in [6, 6.07) is 37.3. The van der Waals surface area contributed by atoms with Crippen molar-refractivity contribution < 1.29 is 0 Å². The molecule has 0 amide bonds. The van der Waals surface area contributed by atoms with E-state index in [1.807, 2.05) is 0 Å². The second-order valence-electron chi connectivity index (χ2n) is 10.4. The minimum Gasteiger partial charge on any atom is -0.355 e. The van der Waals surface area contributed by atoms with Gasteiger partial charge in [-0.05, 0) is 58.7 Å². The Bertz CT molecular complexity index is 1360. The molecule has 0 spiro atoms. The zero-order valence-corrected chi connectivity index (χ0v) is 23.0. The third kappa shape index (κ3) is 4.72. The highest BCUT2D eigenvalue weighted by Crippen LogP contribution is 2.38. The molecule has 39 heavy (non-hydrogen) atoms. The molecule has 4 aromatic carbocycles. The van der Waals surface area contributed by atoms with Crippen molar-refractivity contribution in [2.75, 3.05) is 33.1 Å². The molecule has 0 N–H and O–H groups in total. The largest absolute Gasteiger partial charge is 0.355 e. The van der Waals surface area contributed by atoms with Crippen LogP contribution in [0.1, 0.15) is 23.5 Å². The molecule has 4 aromatic rings. The Hall–Kier alpha value is -4.64. The van der Waals surface area contributed by atoms with Crippen molar-refractivity contribution in [3.8, 4) is 11.1 Å². The summed E-state index contributed by atoms with van der Waals surface area (Å²) in [5.41, 5.74) is 8.36. The second kappa shape index (κ2) is 10.3. The Morgan fingerprint density at radius 2 is 0.744 bits per heavy atom. The average molecular weight is 514 g/mol.